The Morgan fingerprint density at radius 1 is 1.21 bits per heavy atom. The highest BCUT2D eigenvalue weighted by Crippen LogP contribution is 2.28. The van der Waals surface area contributed by atoms with Gasteiger partial charge in [-0.3, -0.25) is 0 Å². The van der Waals surface area contributed by atoms with Crippen molar-refractivity contribution < 1.29 is 0 Å². The van der Waals surface area contributed by atoms with Crippen LogP contribution in [0.1, 0.15) is 5.56 Å². The number of aryl methyl sites for hydroxylation is 1. The van der Waals surface area contributed by atoms with E-state index >= 15 is 0 Å². The second-order valence-corrected chi connectivity index (χ2v) is 5.31. The van der Waals surface area contributed by atoms with Crippen molar-refractivity contribution in [2.24, 2.45) is 0 Å². The van der Waals surface area contributed by atoms with Gasteiger partial charge in [-0.15, -0.1) is 11.3 Å². The van der Waals surface area contributed by atoms with E-state index in [1.54, 1.807) is 11.3 Å². The van der Waals surface area contributed by atoms with Gasteiger partial charge in [0.1, 0.15) is 9.21 Å². The summed E-state index contributed by atoms with van der Waals surface area (Å²) in [6.07, 6.45) is 0. The Morgan fingerprint density at radius 3 is 2.36 bits per heavy atom. The zero-order chi connectivity index (χ0) is 10.1. The van der Waals surface area contributed by atoms with Crippen molar-refractivity contribution in [2.45, 2.75) is 6.92 Å². The SMILES string of the molecule is Cc1ccsc1-c1nc(Br)cc(Br)n1. The Morgan fingerprint density at radius 2 is 1.86 bits per heavy atom. The van der Waals surface area contributed by atoms with Crippen LogP contribution in [0.15, 0.2) is 26.7 Å². The Kier molecular flexibility index (Phi) is 2.99. The minimum Gasteiger partial charge on any atom is -0.220 e. The fraction of sp³-hybridized carbons (Fsp3) is 0.111. The Balaban J connectivity index is 2.57. The average Bonchev–Trinajstić information content (AvgIpc) is 2.49. The third kappa shape index (κ3) is 2.04. The highest BCUT2D eigenvalue weighted by atomic mass is 79.9. The minimum atomic E-state index is 0.763. The van der Waals surface area contributed by atoms with Crippen LogP contribution in [-0.2, 0) is 0 Å². The molecule has 5 heteroatoms. The van der Waals surface area contributed by atoms with Gasteiger partial charge >= 0.3 is 0 Å². The van der Waals surface area contributed by atoms with Crippen molar-refractivity contribution in [3.8, 4) is 10.7 Å². The van der Waals surface area contributed by atoms with Gasteiger partial charge in [-0.2, -0.15) is 0 Å². The van der Waals surface area contributed by atoms with Crippen LogP contribution in [0.2, 0.25) is 0 Å². The molecule has 0 spiro atoms. The van der Waals surface area contributed by atoms with Crippen LogP contribution in [-0.4, -0.2) is 9.97 Å². The lowest BCUT2D eigenvalue weighted by molar-refractivity contribution is 1.13. The molecule has 0 aromatic carbocycles. The summed E-state index contributed by atoms with van der Waals surface area (Å²) in [4.78, 5) is 9.76. The van der Waals surface area contributed by atoms with E-state index < -0.39 is 0 Å². The van der Waals surface area contributed by atoms with E-state index in [0.29, 0.717) is 0 Å². The standard InChI is InChI=1S/C9H6Br2N2S/c1-5-2-3-14-8(5)9-12-6(10)4-7(11)13-9/h2-4H,1H3. The van der Waals surface area contributed by atoms with Crippen LogP contribution in [0.3, 0.4) is 0 Å². The van der Waals surface area contributed by atoms with Gasteiger partial charge in [0.25, 0.3) is 0 Å². The normalized spacial score (nSPS) is 10.5. The molecule has 14 heavy (non-hydrogen) atoms. The first kappa shape index (κ1) is 10.3. The van der Waals surface area contributed by atoms with Gasteiger partial charge in [0.05, 0.1) is 4.88 Å². The van der Waals surface area contributed by atoms with Crippen molar-refractivity contribution in [2.75, 3.05) is 0 Å². The van der Waals surface area contributed by atoms with Crippen molar-refractivity contribution in [3.63, 3.8) is 0 Å². The maximum Gasteiger partial charge on any atom is 0.171 e. The molecule has 0 aliphatic carbocycles. The molecular formula is C9H6Br2N2S. The summed E-state index contributed by atoms with van der Waals surface area (Å²) in [6, 6.07) is 3.89. The van der Waals surface area contributed by atoms with Crippen LogP contribution in [0.4, 0.5) is 0 Å². The van der Waals surface area contributed by atoms with E-state index in [1.165, 1.54) is 5.56 Å². The van der Waals surface area contributed by atoms with E-state index in [2.05, 4.69) is 54.8 Å². The molecule has 0 saturated heterocycles. The lowest BCUT2D eigenvalue weighted by Gasteiger charge is -1.99. The molecule has 0 saturated carbocycles. The van der Waals surface area contributed by atoms with Crippen LogP contribution >= 0.6 is 43.2 Å². The summed E-state index contributed by atoms with van der Waals surface area (Å²) in [5, 5.41) is 2.04. The van der Waals surface area contributed by atoms with Gasteiger partial charge in [0.15, 0.2) is 5.82 Å². The Bertz CT molecular complexity index is 447. The van der Waals surface area contributed by atoms with E-state index in [-0.39, 0.29) is 0 Å². The number of nitrogens with zero attached hydrogens (tertiary/aromatic N) is 2. The van der Waals surface area contributed by atoms with Gasteiger partial charge in [0, 0.05) is 6.07 Å². The molecule has 0 radical (unpaired) electrons. The van der Waals surface area contributed by atoms with Gasteiger partial charge in [0.2, 0.25) is 0 Å². The zero-order valence-electron chi connectivity index (χ0n) is 7.29. The predicted molar refractivity (Wildman–Crippen MR) is 65.5 cm³/mol. The summed E-state index contributed by atoms with van der Waals surface area (Å²) in [5.74, 6) is 0.763. The number of aromatic nitrogens is 2. The largest absolute Gasteiger partial charge is 0.220 e. The van der Waals surface area contributed by atoms with Crippen LogP contribution < -0.4 is 0 Å². The first-order chi connectivity index (χ1) is 6.66. The number of hydrogen-bond donors (Lipinski definition) is 0. The molecule has 2 nitrogen and oxygen atoms in total. The molecule has 0 amide bonds. The summed E-state index contributed by atoms with van der Waals surface area (Å²) in [7, 11) is 0. The molecule has 0 atom stereocenters. The first-order valence-electron chi connectivity index (χ1n) is 3.91. The lowest BCUT2D eigenvalue weighted by atomic mass is 10.3. The summed E-state index contributed by atoms with van der Waals surface area (Å²) in [5.41, 5.74) is 1.21. The number of rotatable bonds is 1. The Hall–Kier alpha value is -0.260. The Labute approximate surface area is 103 Å². The number of halogens is 2. The fourth-order valence-corrected chi connectivity index (χ4v) is 3.03. The minimum absolute atomic E-state index is 0.763. The fourth-order valence-electron chi connectivity index (χ4n) is 1.09. The summed E-state index contributed by atoms with van der Waals surface area (Å²) < 4.78 is 1.59. The molecule has 2 rings (SSSR count). The van der Waals surface area contributed by atoms with Crippen LogP contribution in [0, 0.1) is 6.92 Å². The van der Waals surface area contributed by atoms with Crippen LogP contribution in [0.25, 0.3) is 10.7 Å². The average molecular weight is 334 g/mol. The first-order valence-corrected chi connectivity index (χ1v) is 6.38. The molecule has 0 fully saturated rings. The van der Waals surface area contributed by atoms with Gasteiger partial charge in [-0.25, -0.2) is 9.97 Å². The van der Waals surface area contributed by atoms with Crippen molar-refractivity contribution in [3.05, 3.63) is 32.3 Å². The highest BCUT2D eigenvalue weighted by molar-refractivity contribution is 9.11. The molecular weight excluding hydrogens is 328 g/mol. The number of hydrogen-bond acceptors (Lipinski definition) is 3. The van der Waals surface area contributed by atoms with E-state index in [1.807, 2.05) is 11.4 Å². The summed E-state index contributed by atoms with van der Waals surface area (Å²) >= 11 is 8.35. The highest BCUT2D eigenvalue weighted by Gasteiger charge is 2.08. The van der Waals surface area contributed by atoms with Gasteiger partial charge in [-0.1, -0.05) is 0 Å². The van der Waals surface area contributed by atoms with Crippen molar-refractivity contribution in [1.82, 2.24) is 9.97 Å². The van der Waals surface area contributed by atoms with Crippen molar-refractivity contribution >= 4 is 43.2 Å². The molecule has 0 aliphatic heterocycles. The van der Waals surface area contributed by atoms with E-state index in [4.69, 9.17) is 0 Å². The molecule has 72 valence electrons. The molecule has 2 aromatic heterocycles. The molecule has 0 N–H and O–H groups in total. The molecule has 0 bridgehead atoms. The van der Waals surface area contributed by atoms with Crippen molar-refractivity contribution in [1.29, 1.82) is 0 Å². The lowest BCUT2D eigenvalue weighted by Crippen LogP contribution is -1.89. The monoisotopic (exact) mass is 332 g/mol. The second-order valence-electron chi connectivity index (χ2n) is 2.77. The molecule has 2 aromatic rings. The molecule has 0 aliphatic rings. The third-order valence-electron chi connectivity index (χ3n) is 1.73. The third-order valence-corrected chi connectivity index (χ3v) is 3.55. The summed E-state index contributed by atoms with van der Waals surface area (Å²) in [6.45, 7) is 2.06. The topological polar surface area (TPSA) is 25.8 Å². The number of thiophene rings is 1. The van der Waals surface area contributed by atoms with E-state index in [0.717, 1.165) is 19.9 Å². The predicted octanol–water partition coefficient (Wildman–Crippen LogP) is 4.04. The van der Waals surface area contributed by atoms with Gasteiger partial charge in [-0.05, 0) is 55.8 Å². The zero-order valence-corrected chi connectivity index (χ0v) is 11.3. The van der Waals surface area contributed by atoms with Crippen LogP contribution in [0.5, 0.6) is 0 Å². The molecule has 2 heterocycles. The molecule has 0 unspecified atom stereocenters. The van der Waals surface area contributed by atoms with E-state index in [9.17, 15) is 0 Å². The smallest absolute Gasteiger partial charge is 0.171 e. The maximum atomic E-state index is 4.32. The quantitative estimate of drug-likeness (QED) is 0.736. The maximum absolute atomic E-state index is 4.32. The second kappa shape index (κ2) is 4.08. The van der Waals surface area contributed by atoms with Gasteiger partial charge < -0.3 is 0 Å².